The summed E-state index contributed by atoms with van der Waals surface area (Å²) < 4.78 is 26.4. The first-order valence-electron chi connectivity index (χ1n) is 5.01. The standard InChI is InChI=1S/C11H16BrNO2S/c1-8(2)13(4)16(14,15)11-6-5-9(3)7-10(11)12/h5-8H,1-4H3. The molecule has 0 amide bonds. The predicted molar refractivity (Wildman–Crippen MR) is 69.0 cm³/mol. The quantitative estimate of drug-likeness (QED) is 0.861. The van der Waals surface area contributed by atoms with Gasteiger partial charge in [-0.3, -0.25) is 0 Å². The zero-order valence-electron chi connectivity index (χ0n) is 9.86. The van der Waals surface area contributed by atoms with E-state index >= 15 is 0 Å². The smallest absolute Gasteiger partial charge is 0.207 e. The fourth-order valence-electron chi connectivity index (χ4n) is 1.25. The Morgan fingerprint density at radius 1 is 1.31 bits per heavy atom. The van der Waals surface area contributed by atoms with Crippen molar-refractivity contribution in [2.75, 3.05) is 7.05 Å². The molecule has 1 rings (SSSR count). The Hall–Kier alpha value is -0.390. The van der Waals surface area contributed by atoms with Crippen molar-refractivity contribution in [2.24, 2.45) is 0 Å². The van der Waals surface area contributed by atoms with Gasteiger partial charge < -0.3 is 0 Å². The van der Waals surface area contributed by atoms with Crippen LogP contribution in [0.5, 0.6) is 0 Å². The van der Waals surface area contributed by atoms with E-state index in [1.807, 2.05) is 20.8 Å². The van der Waals surface area contributed by atoms with Crippen LogP contribution in [0, 0.1) is 6.92 Å². The van der Waals surface area contributed by atoms with Crippen LogP contribution in [0.3, 0.4) is 0 Å². The molecule has 5 heteroatoms. The van der Waals surface area contributed by atoms with Crippen LogP contribution in [0.15, 0.2) is 27.6 Å². The molecule has 0 spiro atoms. The van der Waals surface area contributed by atoms with E-state index < -0.39 is 10.0 Å². The maximum Gasteiger partial charge on any atom is 0.244 e. The molecule has 90 valence electrons. The van der Waals surface area contributed by atoms with Crippen molar-refractivity contribution in [1.29, 1.82) is 0 Å². The van der Waals surface area contributed by atoms with Crippen LogP contribution in [0.4, 0.5) is 0 Å². The number of aryl methyl sites for hydroxylation is 1. The van der Waals surface area contributed by atoms with Crippen molar-refractivity contribution >= 4 is 26.0 Å². The summed E-state index contributed by atoms with van der Waals surface area (Å²) >= 11 is 3.29. The van der Waals surface area contributed by atoms with E-state index in [4.69, 9.17) is 0 Å². The normalized spacial score (nSPS) is 12.4. The number of nitrogens with zero attached hydrogens (tertiary/aromatic N) is 1. The highest BCUT2D eigenvalue weighted by atomic mass is 79.9. The molecular formula is C11H16BrNO2S. The van der Waals surface area contributed by atoms with Gasteiger partial charge in [-0.15, -0.1) is 0 Å². The van der Waals surface area contributed by atoms with E-state index in [-0.39, 0.29) is 6.04 Å². The summed E-state index contributed by atoms with van der Waals surface area (Å²) in [7, 11) is -1.81. The average Bonchev–Trinajstić information content (AvgIpc) is 2.15. The summed E-state index contributed by atoms with van der Waals surface area (Å²) in [5, 5.41) is 0. The van der Waals surface area contributed by atoms with Gasteiger partial charge >= 0.3 is 0 Å². The van der Waals surface area contributed by atoms with Gasteiger partial charge in [0.1, 0.15) is 0 Å². The highest BCUT2D eigenvalue weighted by molar-refractivity contribution is 9.10. The second-order valence-electron chi connectivity index (χ2n) is 4.05. The highest BCUT2D eigenvalue weighted by Gasteiger charge is 2.24. The fraction of sp³-hybridized carbons (Fsp3) is 0.455. The Morgan fingerprint density at radius 2 is 1.88 bits per heavy atom. The number of hydrogen-bond donors (Lipinski definition) is 0. The first-order valence-corrected chi connectivity index (χ1v) is 7.24. The van der Waals surface area contributed by atoms with E-state index in [2.05, 4.69) is 15.9 Å². The lowest BCUT2D eigenvalue weighted by Gasteiger charge is -2.21. The van der Waals surface area contributed by atoms with Crippen molar-refractivity contribution in [3.05, 3.63) is 28.2 Å². The maximum atomic E-state index is 12.2. The van der Waals surface area contributed by atoms with E-state index in [1.54, 1.807) is 25.2 Å². The summed E-state index contributed by atoms with van der Waals surface area (Å²) in [6.07, 6.45) is 0. The van der Waals surface area contributed by atoms with Crippen LogP contribution >= 0.6 is 15.9 Å². The van der Waals surface area contributed by atoms with Gasteiger partial charge in [-0.25, -0.2) is 8.42 Å². The number of benzene rings is 1. The Bertz CT molecular complexity index is 483. The molecular weight excluding hydrogens is 290 g/mol. The van der Waals surface area contributed by atoms with Gasteiger partial charge in [0.05, 0.1) is 4.90 Å². The topological polar surface area (TPSA) is 37.4 Å². The maximum absolute atomic E-state index is 12.2. The molecule has 0 fully saturated rings. The second kappa shape index (κ2) is 4.85. The monoisotopic (exact) mass is 305 g/mol. The molecule has 0 saturated heterocycles. The lowest BCUT2D eigenvalue weighted by Crippen LogP contribution is -2.33. The number of sulfonamides is 1. The van der Waals surface area contributed by atoms with Crippen LogP contribution in [0.25, 0.3) is 0 Å². The van der Waals surface area contributed by atoms with Crippen LogP contribution in [-0.2, 0) is 10.0 Å². The minimum absolute atomic E-state index is 0.0572. The van der Waals surface area contributed by atoms with Crippen LogP contribution in [0.1, 0.15) is 19.4 Å². The van der Waals surface area contributed by atoms with Crippen molar-refractivity contribution in [2.45, 2.75) is 31.7 Å². The molecule has 1 aromatic carbocycles. The van der Waals surface area contributed by atoms with Crippen LogP contribution < -0.4 is 0 Å². The Morgan fingerprint density at radius 3 is 2.31 bits per heavy atom. The summed E-state index contributed by atoms with van der Waals surface area (Å²) in [6, 6.07) is 5.18. The molecule has 0 N–H and O–H groups in total. The number of hydrogen-bond acceptors (Lipinski definition) is 2. The Kier molecular flexibility index (Phi) is 4.15. The predicted octanol–water partition coefficient (Wildman–Crippen LogP) is 2.79. The second-order valence-corrected chi connectivity index (χ2v) is 6.87. The fourth-order valence-corrected chi connectivity index (χ4v) is 3.77. The third-order valence-corrected chi connectivity index (χ3v) is 5.48. The largest absolute Gasteiger partial charge is 0.244 e. The third-order valence-electron chi connectivity index (χ3n) is 2.47. The molecule has 0 aliphatic carbocycles. The van der Waals surface area contributed by atoms with Crippen molar-refractivity contribution in [1.82, 2.24) is 4.31 Å². The summed E-state index contributed by atoms with van der Waals surface area (Å²) in [4.78, 5) is 0.314. The zero-order valence-corrected chi connectivity index (χ0v) is 12.3. The summed E-state index contributed by atoms with van der Waals surface area (Å²) in [5.74, 6) is 0. The lowest BCUT2D eigenvalue weighted by molar-refractivity contribution is 0.410. The van der Waals surface area contributed by atoms with Crippen molar-refractivity contribution < 1.29 is 8.42 Å². The molecule has 0 aliphatic heterocycles. The van der Waals surface area contributed by atoms with E-state index in [1.165, 1.54) is 4.31 Å². The van der Waals surface area contributed by atoms with Gasteiger partial charge in [-0.2, -0.15) is 4.31 Å². The highest BCUT2D eigenvalue weighted by Crippen LogP contribution is 2.26. The third kappa shape index (κ3) is 2.64. The molecule has 0 aromatic heterocycles. The minimum Gasteiger partial charge on any atom is -0.207 e. The lowest BCUT2D eigenvalue weighted by atomic mass is 10.2. The van der Waals surface area contributed by atoms with E-state index in [9.17, 15) is 8.42 Å². The van der Waals surface area contributed by atoms with Crippen LogP contribution in [-0.4, -0.2) is 25.8 Å². The van der Waals surface area contributed by atoms with Gasteiger partial charge in [0.25, 0.3) is 0 Å². The molecule has 0 heterocycles. The molecule has 1 aromatic rings. The van der Waals surface area contributed by atoms with Gasteiger partial charge in [-0.05, 0) is 54.4 Å². The first-order chi connectivity index (χ1) is 7.26. The average molecular weight is 306 g/mol. The van der Waals surface area contributed by atoms with Gasteiger partial charge in [0, 0.05) is 17.6 Å². The molecule has 0 unspecified atom stereocenters. The summed E-state index contributed by atoms with van der Waals surface area (Å²) in [6.45, 7) is 5.62. The minimum atomic E-state index is -3.40. The Labute approximate surface area is 106 Å². The van der Waals surface area contributed by atoms with Crippen LogP contribution in [0.2, 0.25) is 0 Å². The zero-order chi connectivity index (χ0) is 12.5. The van der Waals surface area contributed by atoms with Crippen molar-refractivity contribution in [3.8, 4) is 0 Å². The van der Waals surface area contributed by atoms with E-state index in [0.717, 1.165) is 5.56 Å². The molecule has 0 bridgehead atoms. The number of rotatable bonds is 3. The molecule has 16 heavy (non-hydrogen) atoms. The molecule has 0 atom stereocenters. The number of halogens is 1. The molecule has 3 nitrogen and oxygen atoms in total. The molecule has 0 aliphatic rings. The first kappa shape index (κ1) is 13.7. The summed E-state index contributed by atoms with van der Waals surface area (Å²) in [5.41, 5.74) is 1.03. The Balaban J connectivity index is 3.28. The van der Waals surface area contributed by atoms with E-state index in [0.29, 0.717) is 9.37 Å². The van der Waals surface area contributed by atoms with Gasteiger partial charge in [-0.1, -0.05) is 6.07 Å². The SMILES string of the molecule is Cc1ccc(S(=O)(=O)N(C)C(C)C)c(Br)c1. The van der Waals surface area contributed by atoms with Gasteiger partial charge in [0.2, 0.25) is 10.0 Å². The van der Waals surface area contributed by atoms with Gasteiger partial charge in [0.15, 0.2) is 0 Å². The molecule has 0 radical (unpaired) electrons. The van der Waals surface area contributed by atoms with Crippen molar-refractivity contribution in [3.63, 3.8) is 0 Å². The molecule has 0 saturated carbocycles.